The Kier molecular flexibility index (Phi) is 2.69. The predicted molar refractivity (Wildman–Crippen MR) is 64.3 cm³/mol. The van der Waals surface area contributed by atoms with E-state index >= 15 is 0 Å². The van der Waals surface area contributed by atoms with Crippen LogP contribution in [0, 0.1) is 0 Å². The average Bonchev–Trinajstić information content (AvgIpc) is 2.89. The van der Waals surface area contributed by atoms with Gasteiger partial charge in [-0.1, -0.05) is 6.07 Å². The van der Waals surface area contributed by atoms with Gasteiger partial charge in [0.25, 0.3) is 0 Å². The lowest BCUT2D eigenvalue weighted by Gasteiger charge is -2.31. The molecule has 2 atom stereocenters. The molecule has 0 aliphatic carbocycles. The zero-order chi connectivity index (χ0) is 11.0. The van der Waals surface area contributed by atoms with Gasteiger partial charge in [-0.3, -0.25) is 9.69 Å². The van der Waals surface area contributed by atoms with Crippen LogP contribution in [0.2, 0.25) is 0 Å². The summed E-state index contributed by atoms with van der Waals surface area (Å²) in [6.45, 7) is 2.17. The molecule has 0 bridgehead atoms. The van der Waals surface area contributed by atoms with Crippen molar-refractivity contribution in [3.63, 3.8) is 0 Å². The summed E-state index contributed by atoms with van der Waals surface area (Å²) >= 11 is 1.82. The van der Waals surface area contributed by atoms with Gasteiger partial charge >= 0.3 is 0 Å². The summed E-state index contributed by atoms with van der Waals surface area (Å²) < 4.78 is 0. The molecular weight excluding hydrogens is 220 g/mol. The number of hydrogen-bond donors (Lipinski definition) is 1. The van der Waals surface area contributed by atoms with Gasteiger partial charge < -0.3 is 5.32 Å². The predicted octanol–water partition coefficient (Wildman–Crippen LogP) is 1.60. The van der Waals surface area contributed by atoms with E-state index in [1.54, 1.807) is 0 Å². The van der Waals surface area contributed by atoms with Crippen LogP contribution in [0.1, 0.15) is 24.1 Å². The van der Waals surface area contributed by atoms with E-state index in [2.05, 4.69) is 27.7 Å². The number of hydrogen-bond acceptors (Lipinski definition) is 3. The fourth-order valence-electron chi connectivity index (χ4n) is 2.83. The number of thiophene rings is 1. The first kappa shape index (κ1) is 10.3. The number of nitrogens with zero attached hydrogens (tertiary/aromatic N) is 1. The van der Waals surface area contributed by atoms with Crippen LogP contribution in [-0.4, -0.2) is 29.4 Å². The Labute approximate surface area is 99.5 Å². The van der Waals surface area contributed by atoms with Gasteiger partial charge in [0, 0.05) is 36.5 Å². The number of carbonyl (C=O) groups excluding carboxylic acids is 1. The summed E-state index contributed by atoms with van der Waals surface area (Å²) in [4.78, 5) is 15.3. The van der Waals surface area contributed by atoms with Crippen LogP contribution in [0.25, 0.3) is 0 Å². The zero-order valence-corrected chi connectivity index (χ0v) is 10.0. The quantitative estimate of drug-likeness (QED) is 0.846. The molecule has 2 aliphatic rings. The maximum Gasteiger partial charge on any atom is 0.220 e. The Morgan fingerprint density at radius 2 is 2.44 bits per heavy atom. The zero-order valence-electron chi connectivity index (χ0n) is 9.19. The van der Waals surface area contributed by atoms with Crippen LogP contribution in [0.15, 0.2) is 17.5 Å². The first-order valence-corrected chi connectivity index (χ1v) is 6.77. The molecule has 0 saturated carbocycles. The molecule has 2 aliphatic heterocycles. The van der Waals surface area contributed by atoms with Gasteiger partial charge in [-0.15, -0.1) is 11.3 Å². The molecule has 3 heterocycles. The topological polar surface area (TPSA) is 32.3 Å². The molecular formula is C12H16N2OS. The second-order valence-corrected chi connectivity index (χ2v) is 5.65. The molecule has 0 spiro atoms. The second-order valence-electron chi connectivity index (χ2n) is 4.62. The Morgan fingerprint density at radius 3 is 3.25 bits per heavy atom. The maximum atomic E-state index is 11.3. The Balaban J connectivity index is 1.67. The van der Waals surface area contributed by atoms with Gasteiger partial charge in [0.05, 0.1) is 0 Å². The lowest BCUT2D eigenvalue weighted by atomic mass is 9.99. The van der Waals surface area contributed by atoms with E-state index in [4.69, 9.17) is 0 Å². The highest BCUT2D eigenvalue weighted by Gasteiger charge is 2.37. The third-order valence-electron chi connectivity index (χ3n) is 3.61. The third-order valence-corrected chi connectivity index (χ3v) is 4.47. The van der Waals surface area contributed by atoms with Crippen LogP contribution < -0.4 is 5.32 Å². The monoisotopic (exact) mass is 236 g/mol. The van der Waals surface area contributed by atoms with Crippen molar-refractivity contribution in [3.8, 4) is 0 Å². The van der Waals surface area contributed by atoms with E-state index in [1.165, 1.54) is 4.88 Å². The molecule has 2 saturated heterocycles. The molecule has 0 radical (unpaired) electrons. The molecule has 3 nitrogen and oxygen atoms in total. The van der Waals surface area contributed by atoms with Gasteiger partial charge in [0.1, 0.15) is 0 Å². The van der Waals surface area contributed by atoms with Gasteiger partial charge in [0.2, 0.25) is 5.91 Å². The largest absolute Gasteiger partial charge is 0.352 e. The van der Waals surface area contributed by atoms with E-state index in [9.17, 15) is 4.79 Å². The molecule has 4 heteroatoms. The van der Waals surface area contributed by atoms with Crippen molar-refractivity contribution in [1.82, 2.24) is 10.2 Å². The minimum Gasteiger partial charge on any atom is -0.352 e. The lowest BCUT2D eigenvalue weighted by Crippen LogP contribution is -2.49. The molecule has 86 valence electrons. The number of carbonyl (C=O) groups is 1. The fourth-order valence-corrected chi connectivity index (χ4v) is 3.56. The lowest BCUT2D eigenvalue weighted by molar-refractivity contribution is -0.124. The van der Waals surface area contributed by atoms with Crippen LogP contribution in [0.5, 0.6) is 0 Å². The van der Waals surface area contributed by atoms with Crippen LogP contribution in [-0.2, 0) is 11.3 Å². The summed E-state index contributed by atoms with van der Waals surface area (Å²) in [5.41, 5.74) is 0. The van der Waals surface area contributed by atoms with Crippen molar-refractivity contribution >= 4 is 17.2 Å². The minimum absolute atomic E-state index is 0.235. The Bertz CT molecular complexity index is 376. The van der Waals surface area contributed by atoms with Gasteiger partial charge in [-0.2, -0.15) is 0 Å². The summed E-state index contributed by atoms with van der Waals surface area (Å²) in [7, 11) is 0. The van der Waals surface area contributed by atoms with E-state index in [1.807, 2.05) is 11.3 Å². The number of nitrogens with one attached hydrogen (secondary N) is 1. The highest BCUT2D eigenvalue weighted by atomic mass is 32.1. The first-order valence-electron chi connectivity index (χ1n) is 5.89. The van der Waals surface area contributed by atoms with Crippen molar-refractivity contribution < 1.29 is 4.79 Å². The van der Waals surface area contributed by atoms with Crippen LogP contribution in [0.4, 0.5) is 0 Å². The molecule has 3 rings (SSSR count). The third kappa shape index (κ3) is 1.87. The minimum atomic E-state index is 0.235. The molecule has 1 N–H and O–H groups in total. The van der Waals surface area contributed by atoms with Crippen molar-refractivity contribution in [2.24, 2.45) is 0 Å². The Hall–Kier alpha value is -0.870. The van der Waals surface area contributed by atoms with Gasteiger partial charge in [-0.05, 0) is 24.3 Å². The van der Waals surface area contributed by atoms with E-state index in [0.29, 0.717) is 18.5 Å². The van der Waals surface area contributed by atoms with Crippen LogP contribution in [0.3, 0.4) is 0 Å². The molecule has 0 unspecified atom stereocenters. The van der Waals surface area contributed by atoms with E-state index in [-0.39, 0.29) is 5.91 Å². The molecule has 0 aromatic carbocycles. The number of rotatable bonds is 2. The number of fused-ring (bicyclic) bond motifs is 1. The molecule has 16 heavy (non-hydrogen) atoms. The molecule has 1 aromatic rings. The normalized spacial score (nSPS) is 30.1. The fraction of sp³-hybridized carbons (Fsp3) is 0.583. The highest BCUT2D eigenvalue weighted by molar-refractivity contribution is 7.09. The summed E-state index contributed by atoms with van der Waals surface area (Å²) in [6, 6.07) is 5.27. The van der Waals surface area contributed by atoms with Gasteiger partial charge in [-0.25, -0.2) is 0 Å². The van der Waals surface area contributed by atoms with Crippen molar-refractivity contribution in [2.45, 2.75) is 37.9 Å². The summed E-state index contributed by atoms with van der Waals surface area (Å²) in [5, 5.41) is 5.24. The summed E-state index contributed by atoms with van der Waals surface area (Å²) in [5.74, 6) is 0.235. The number of likely N-dealkylation sites (tertiary alicyclic amines) is 1. The van der Waals surface area contributed by atoms with Crippen LogP contribution >= 0.6 is 11.3 Å². The number of amides is 1. The van der Waals surface area contributed by atoms with Crippen molar-refractivity contribution in [2.75, 3.05) is 6.54 Å². The molecule has 2 fully saturated rings. The Morgan fingerprint density at radius 1 is 1.50 bits per heavy atom. The van der Waals surface area contributed by atoms with Crippen molar-refractivity contribution in [1.29, 1.82) is 0 Å². The highest BCUT2D eigenvalue weighted by Crippen LogP contribution is 2.27. The van der Waals surface area contributed by atoms with Crippen molar-refractivity contribution in [3.05, 3.63) is 22.4 Å². The second kappa shape index (κ2) is 4.18. The maximum absolute atomic E-state index is 11.3. The molecule has 1 aromatic heterocycles. The van der Waals surface area contributed by atoms with E-state index < -0.39 is 0 Å². The SMILES string of the molecule is O=C1CC[C@@H]2[C@H](CCN2Cc2cccs2)N1. The average molecular weight is 236 g/mol. The van der Waals surface area contributed by atoms with E-state index in [0.717, 1.165) is 25.9 Å². The smallest absolute Gasteiger partial charge is 0.220 e. The molecule has 1 amide bonds. The summed E-state index contributed by atoms with van der Waals surface area (Å²) in [6.07, 6.45) is 2.84. The first-order chi connectivity index (χ1) is 7.83. The number of piperidine rings is 1. The standard InChI is InChI=1S/C12H16N2OS/c15-12-4-3-11-10(13-12)5-6-14(11)8-9-2-1-7-16-9/h1-2,7,10-11H,3-6,8H2,(H,13,15)/t10-,11+/m0/s1. The van der Waals surface area contributed by atoms with Gasteiger partial charge in [0.15, 0.2) is 0 Å².